The van der Waals surface area contributed by atoms with Crippen LogP contribution in [0, 0.1) is 0 Å². The molecule has 1 aromatic rings. The number of hydrogen-bond donors (Lipinski definition) is 2. The predicted octanol–water partition coefficient (Wildman–Crippen LogP) is 1.43. The molecular weight excluding hydrogens is 318 g/mol. The summed E-state index contributed by atoms with van der Waals surface area (Å²) in [4.78, 5) is 31.6. The number of hydrogen-bond acceptors (Lipinski definition) is 4. The smallest absolute Gasteiger partial charge is 0.287 e. The molecule has 0 saturated heterocycles. The minimum Gasteiger partial charge on any atom is -0.349 e. The Kier molecular flexibility index (Phi) is 6.99. The van der Waals surface area contributed by atoms with Gasteiger partial charge in [0, 0.05) is 19.1 Å². The fourth-order valence-electron chi connectivity index (χ4n) is 2.97. The second-order valence-electron chi connectivity index (χ2n) is 7.03. The van der Waals surface area contributed by atoms with Crippen molar-refractivity contribution in [1.82, 2.24) is 25.1 Å². The lowest BCUT2D eigenvalue weighted by molar-refractivity contribution is 0.0932. The average molecular weight is 349 g/mol. The second kappa shape index (κ2) is 8.99. The number of carbonyl (C=O) groups excluding carboxylic acids is 2. The quantitative estimate of drug-likeness (QED) is 0.696. The normalized spacial score (nSPS) is 14.9. The van der Waals surface area contributed by atoms with Crippen molar-refractivity contribution in [1.29, 1.82) is 0 Å². The summed E-state index contributed by atoms with van der Waals surface area (Å²) in [5, 5.41) is 5.89. The van der Waals surface area contributed by atoms with Crippen LogP contribution in [0.2, 0.25) is 0 Å². The fraction of sp³-hybridized carbons (Fsp3) is 0.722. The molecule has 7 heteroatoms. The summed E-state index contributed by atoms with van der Waals surface area (Å²) in [5.41, 5.74) is 1.31. The van der Waals surface area contributed by atoms with E-state index in [1.54, 1.807) is 0 Å². The molecule has 0 radical (unpaired) electrons. The lowest BCUT2D eigenvalue weighted by Crippen LogP contribution is -2.33. The average Bonchev–Trinajstić information content (AvgIpc) is 2.98. The molecule has 1 unspecified atom stereocenters. The molecule has 1 aromatic heterocycles. The lowest BCUT2D eigenvalue weighted by Gasteiger charge is -2.17. The molecule has 25 heavy (non-hydrogen) atoms. The molecule has 0 saturated carbocycles. The molecule has 2 rings (SSSR count). The van der Waals surface area contributed by atoms with Crippen LogP contribution in [0.15, 0.2) is 0 Å². The highest BCUT2D eigenvalue weighted by Crippen LogP contribution is 2.21. The summed E-state index contributed by atoms with van der Waals surface area (Å²) in [6, 6.07) is 0.0942. The minimum atomic E-state index is -0.190. The van der Waals surface area contributed by atoms with Crippen LogP contribution in [0.5, 0.6) is 0 Å². The molecule has 2 amide bonds. The van der Waals surface area contributed by atoms with Crippen molar-refractivity contribution in [2.45, 2.75) is 58.5 Å². The third-order valence-electron chi connectivity index (χ3n) is 4.59. The number of carbonyl (C=O) groups is 2. The van der Waals surface area contributed by atoms with E-state index in [2.05, 4.69) is 20.5 Å². The number of nitrogens with zero attached hydrogens (tertiary/aromatic N) is 3. The zero-order valence-electron chi connectivity index (χ0n) is 15.9. The van der Waals surface area contributed by atoms with Crippen LogP contribution in [-0.4, -0.2) is 59.5 Å². The van der Waals surface area contributed by atoms with E-state index in [0.717, 1.165) is 50.9 Å². The van der Waals surface area contributed by atoms with Crippen LogP contribution in [0.25, 0.3) is 0 Å². The zero-order chi connectivity index (χ0) is 18.4. The summed E-state index contributed by atoms with van der Waals surface area (Å²) < 4.78 is 1.93. The highest BCUT2D eigenvalue weighted by Gasteiger charge is 2.27. The zero-order valence-corrected chi connectivity index (χ0v) is 15.9. The maximum absolute atomic E-state index is 12.5. The SMILES string of the molecule is CCC(C)NC(=O)c1nc(C(=O)NCCCN(C)C)n2c1CCCC2. The molecule has 0 aliphatic carbocycles. The molecule has 1 aliphatic heterocycles. The second-order valence-corrected chi connectivity index (χ2v) is 7.03. The van der Waals surface area contributed by atoms with Gasteiger partial charge in [0.25, 0.3) is 11.8 Å². The van der Waals surface area contributed by atoms with Gasteiger partial charge in [-0.05, 0) is 59.7 Å². The van der Waals surface area contributed by atoms with Gasteiger partial charge in [-0.15, -0.1) is 0 Å². The number of rotatable bonds is 8. The third kappa shape index (κ3) is 5.04. The lowest BCUT2D eigenvalue weighted by atomic mass is 10.1. The van der Waals surface area contributed by atoms with Gasteiger partial charge >= 0.3 is 0 Å². The molecular formula is C18H31N5O2. The Hall–Kier alpha value is -1.89. The molecule has 140 valence electrons. The third-order valence-corrected chi connectivity index (χ3v) is 4.59. The van der Waals surface area contributed by atoms with E-state index in [4.69, 9.17) is 0 Å². The van der Waals surface area contributed by atoms with Crippen LogP contribution < -0.4 is 10.6 Å². The van der Waals surface area contributed by atoms with Gasteiger partial charge in [0.15, 0.2) is 5.82 Å². The molecule has 0 aromatic carbocycles. The van der Waals surface area contributed by atoms with Gasteiger partial charge in [0.2, 0.25) is 0 Å². The Bertz CT molecular complexity index is 609. The molecule has 1 aliphatic rings. The summed E-state index contributed by atoms with van der Waals surface area (Å²) in [5.74, 6) is 0.00464. The number of nitrogens with one attached hydrogen (secondary N) is 2. The first-order valence-electron chi connectivity index (χ1n) is 9.27. The van der Waals surface area contributed by atoms with E-state index >= 15 is 0 Å². The number of fused-ring (bicyclic) bond motifs is 1. The summed E-state index contributed by atoms with van der Waals surface area (Å²) in [6.07, 6.45) is 4.58. The van der Waals surface area contributed by atoms with Gasteiger partial charge in [0.1, 0.15) is 5.69 Å². The van der Waals surface area contributed by atoms with Crippen LogP contribution in [0.4, 0.5) is 0 Å². The summed E-state index contributed by atoms with van der Waals surface area (Å²) in [6.45, 7) is 6.27. The minimum absolute atomic E-state index is 0.0942. The van der Waals surface area contributed by atoms with E-state index in [1.165, 1.54) is 0 Å². The maximum Gasteiger partial charge on any atom is 0.287 e. The van der Waals surface area contributed by atoms with E-state index in [0.29, 0.717) is 18.1 Å². The topological polar surface area (TPSA) is 79.3 Å². The van der Waals surface area contributed by atoms with E-state index in [1.807, 2.05) is 32.5 Å². The first-order chi connectivity index (χ1) is 11.9. The van der Waals surface area contributed by atoms with Crippen LogP contribution >= 0.6 is 0 Å². The molecule has 7 nitrogen and oxygen atoms in total. The molecule has 1 atom stereocenters. The monoisotopic (exact) mass is 349 g/mol. The van der Waals surface area contributed by atoms with Gasteiger partial charge in [0.05, 0.1) is 5.69 Å². The predicted molar refractivity (Wildman–Crippen MR) is 97.9 cm³/mol. The standard InChI is InChI=1S/C18H31N5O2/c1-5-13(2)20-17(24)15-14-9-6-7-12-23(14)16(21-15)18(25)19-10-8-11-22(3)4/h13H,5-12H2,1-4H3,(H,19,25)(H,20,24). The van der Waals surface area contributed by atoms with Crippen LogP contribution in [0.1, 0.15) is 66.3 Å². The van der Waals surface area contributed by atoms with Gasteiger partial charge in [-0.2, -0.15) is 0 Å². The van der Waals surface area contributed by atoms with Gasteiger partial charge < -0.3 is 20.1 Å². The van der Waals surface area contributed by atoms with Crippen LogP contribution in [0.3, 0.4) is 0 Å². The van der Waals surface area contributed by atoms with Crippen molar-refractivity contribution in [3.8, 4) is 0 Å². The Balaban J connectivity index is 2.13. The Morgan fingerprint density at radius 1 is 1.28 bits per heavy atom. The fourth-order valence-corrected chi connectivity index (χ4v) is 2.97. The first-order valence-corrected chi connectivity index (χ1v) is 9.27. The Labute approximate surface area is 150 Å². The van der Waals surface area contributed by atoms with Gasteiger partial charge in [-0.25, -0.2) is 4.98 Å². The number of amides is 2. The van der Waals surface area contributed by atoms with Gasteiger partial charge in [-0.3, -0.25) is 9.59 Å². The first kappa shape index (κ1) is 19.4. The highest BCUT2D eigenvalue weighted by atomic mass is 16.2. The van der Waals surface area contributed by atoms with E-state index in [-0.39, 0.29) is 17.9 Å². The van der Waals surface area contributed by atoms with Gasteiger partial charge in [-0.1, -0.05) is 6.92 Å². The highest BCUT2D eigenvalue weighted by molar-refractivity contribution is 5.97. The molecule has 0 fully saturated rings. The van der Waals surface area contributed by atoms with E-state index < -0.39 is 0 Å². The van der Waals surface area contributed by atoms with Crippen molar-refractivity contribution < 1.29 is 9.59 Å². The van der Waals surface area contributed by atoms with E-state index in [9.17, 15) is 9.59 Å². The molecule has 2 heterocycles. The van der Waals surface area contributed by atoms with Crippen LogP contribution in [-0.2, 0) is 13.0 Å². The molecule has 0 spiro atoms. The summed E-state index contributed by atoms with van der Waals surface area (Å²) >= 11 is 0. The maximum atomic E-state index is 12.5. The Morgan fingerprint density at radius 2 is 2.04 bits per heavy atom. The van der Waals surface area contributed by atoms with Crippen molar-refractivity contribution >= 4 is 11.8 Å². The number of imidazole rings is 1. The summed E-state index contributed by atoms with van der Waals surface area (Å²) in [7, 11) is 4.02. The largest absolute Gasteiger partial charge is 0.349 e. The van der Waals surface area contributed by atoms with Crippen molar-refractivity contribution in [2.24, 2.45) is 0 Å². The van der Waals surface area contributed by atoms with Crippen molar-refractivity contribution in [3.05, 3.63) is 17.2 Å². The molecule has 2 N–H and O–H groups in total. The number of aromatic nitrogens is 2. The van der Waals surface area contributed by atoms with Crippen molar-refractivity contribution in [2.75, 3.05) is 27.2 Å². The van der Waals surface area contributed by atoms with Crippen molar-refractivity contribution in [3.63, 3.8) is 0 Å². The molecule has 0 bridgehead atoms. The Morgan fingerprint density at radius 3 is 2.72 bits per heavy atom.